The smallest absolute Gasteiger partial charge is 0.490 e. The van der Waals surface area contributed by atoms with Crippen molar-refractivity contribution in [3.8, 4) is 17.2 Å². The Morgan fingerprint density at radius 1 is 1.00 bits per heavy atom. The molecule has 2 aromatic carbocycles. The van der Waals surface area contributed by atoms with E-state index in [1.54, 1.807) is 21.3 Å². The molecule has 0 spiro atoms. The van der Waals surface area contributed by atoms with Crippen LogP contribution in [0.4, 0.5) is 18.9 Å². The highest BCUT2D eigenvalue weighted by atomic mass is 19.4. The standard InChI is InChI=1S/C21H28N2O3.C2HF3O2/c1-16-14-23(18-8-6-5-7-9-18)13-12-22(16)15-17-10-11-19(24-2)21(26-4)20(17)25-3;3-2(4,5)1(6)7/h5-11,16H,12-15H2,1-4H3;(H,6,7). The van der Waals surface area contributed by atoms with Crippen LogP contribution in [0.1, 0.15) is 12.5 Å². The minimum Gasteiger partial charge on any atom is -0.493 e. The minimum absolute atomic E-state index is 0.446. The van der Waals surface area contributed by atoms with Gasteiger partial charge in [0.05, 0.1) is 21.3 Å². The number of piperazine rings is 1. The normalized spacial score (nSPS) is 16.5. The Labute approximate surface area is 191 Å². The van der Waals surface area contributed by atoms with Crippen LogP contribution in [-0.4, -0.2) is 69.2 Å². The number of anilines is 1. The van der Waals surface area contributed by atoms with Crippen LogP contribution in [0.3, 0.4) is 0 Å². The molecule has 10 heteroatoms. The highest BCUT2D eigenvalue weighted by Gasteiger charge is 2.38. The molecular formula is C23H29F3N2O5. The number of methoxy groups -OCH3 is 3. The molecule has 1 unspecified atom stereocenters. The van der Waals surface area contributed by atoms with Crippen LogP contribution in [0, 0.1) is 0 Å². The highest BCUT2D eigenvalue weighted by molar-refractivity contribution is 5.73. The summed E-state index contributed by atoms with van der Waals surface area (Å²) in [5.41, 5.74) is 2.41. The van der Waals surface area contributed by atoms with E-state index in [1.165, 1.54) is 5.69 Å². The van der Waals surface area contributed by atoms with Gasteiger partial charge in [0, 0.05) is 43.5 Å². The van der Waals surface area contributed by atoms with Gasteiger partial charge < -0.3 is 24.2 Å². The van der Waals surface area contributed by atoms with Gasteiger partial charge in [0.15, 0.2) is 11.5 Å². The van der Waals surface area contributed by atoms with Crippen LogP contribution in [0.25, 0.3) is 0 Å². The van der Waals surface area contributed by atoms with Gasteiger partial charge in [-0.1, -0.05) is 24.3 Å². The third kappa shape index (κ3) is 6.92. The van der Waals surface area contributed by atoms with E-state index < -0.39 is 12.1 Å². The zero-order valence-electron chi connectivity index (χ0n) is 19.1. The average Bonchev–Trinajstić information content (AvgIpc) is 2.80. The van der Waals surface area contributed by atoms with Gasteiger partial charge in [-0.05, 0) is 25.1 Å². The highest BCUT2D eigenvalue weighted by Crippen LogP contribution is 2.40. The fraction of sp³-hybridized carbons (Fsp3) is 0.435. The molecule has 1 heterocycles. The molecule has 2 aromatic rings. The largest absolute Gasteiger partial charge is 0.493 e. The van der Waals surface area contributed by atoms with Crippen molar-refractivity contribution >= 4 is 11.7 Å². The summed E-state index contributed by atoms with van der Waals surface area (Å²) < 4.78 is 48.3. The van der Waals surface area contributed by atoms with Crippen molar-refractivity contribution in [2.75, 3.05) is 45.9 Å². The number of para-hydroxylation sites is 1. The summed E-state index contributed by atoms with van der Waals surface area (Å²) in [5.74, 6) is -0.657. The first-order chi connectivity index (χ1) is 15.6. The van der Waals surface area contributed by atoms with Crippen LogP contribution < -0.4 is 19.1 Å². The van der Waals surface area contributed by atoms with Crippen molar-refractivity contribution in [1.29, 1.82) is 0 Å². The van der Waals surface area contributed by atoms with Gasteiger partial charge >= 0.3 is 12.1 Å². The number of benzene rings is 2. The van der Waals surface area contributed by atoms with Gasteiger partial charge in [-0.3, -0.25) is 4.90 Å². The SMILES string of the molecule is COc1ccc(CN2CCN(c3ccccc3)CC2C)c(OC)c1OC.O=C(O)C(F)(F)F. The summed E-state index contributed by atoms with van der Waals surface area (Å²) in [6.07, 6.45) is -5.08. The molecule has 0 bridgehead atoms. The maximum absolute atomic E-state index is 10.6. The fourth-order valence-electron chi connectivity index (χ4n) is 3.61. The number of carboxylic acids is 1. The zero-order chi connectivity index (χ0) is 24.6. The number of hydrogen-bond donors (Lipinski definition) is 1. The molecule has 182 valence electrons. The number of alkyl halides is 3. The van der Waals surface area contributed by atoms with Crippen molar-refractivity contribution in [3.05, 3.63) is 48.0 Å². The van der Waals surface area contributed by atoms with Gasteiger partial charge in [-0.15, -0.1) is 0 Å². The predicted molar refractivity (Wildman–Crippen MR) is 118 cm³/mol. The Morgan fingerprint density at radius 3 is 2.09 bits per heavy atom. The number of carbonyl (C=O) groups is 1. The number of nitrogens with zero attached hydrogens (tertiary/aromatic N) is 2. The summed E-state index contributed by atoms with van der Waals surface area (Å²) in [5, 5.41) is 7.12. The third-order valence-corrected chi connectivity index (χ3v) is 5.29. The van der Waals surface area contributed by atoms with E-state index >= 15 is 0 Å². The van der Waals surface area contributed by atoms with Crippen LogP contribution >= 0.6 is 0 Å². The molecule has 0 aliphatic carbocycles. The van der Waals surface area contributed by atoms with E-state index in [2.05, 4.69) is 53.1 Å². The lowest BCUT2D eigenvalue weighted by Gasteiger charge is -2.41. The van der Waals surface area contributed by atoms with Gasteiger partial charge in [0.2, 0.25) is 5.75 Å². The van der Waals surface area contributed by atoms with E-state index in [0.717, 1.165) is 37.5 Å². The van der Waals surface area contributed by atoms with E-state index in [4.69, 9.17) is 24.1 Å². The Kier molecular flexibility index (Phi) is 9.22. The Hall–Kier alpha value is -3.14. The van der Waals surface area contributed by atoms with Crippen molar-refractivity contribution in [2.45, 2.75) is 25.7 Å². The first-order valence-corrected chi connectivity index (χ1v) is 10.2. The average molecular weight is 470 g/mol. The van der Waals surface area contributed by atoms with Crippen molar-refractivity contribution in [2.24, 2.45) is 0 Å². The second-order valence-corrected chi connectivity index (χ2v) is 7.40. The lowest BCUT2D eigenvalue weighted by Crippen LogP contribution is -2.51. The first-order valence-electron chi connectivity index (χ1n) is 10.2. The molecular weight excluding hydrogens is 441 g/mol. The molecule has 0 saturated carbocycles. The van der Waals surface area contributed by atoms with E-state index in [1.807, 2.05) is 6.07 Å². The van der Waals surface area contributed by atoms with E-state index in [0.29, 0.717) is 17.5 Å². The Morgan fingerprint density at radius 2 is 1.61 bits per heavy atom. The summed E-state index contributed by atoms with van der Waals surface area (Å²) in [6, 6.07) is 15.1. The topological polar surface area (TPSA) is 71.5 Å². The predicted octanol–water partition coefficient (Wildman–Crippen LogP) is 4.06. The molecule has 1 atom stereocenters. The van der Waals surface area contributed by atoms with Crippen LogP contribution in [0.2, 0.25) is 0 Å². The second kappa shape index (κ2) is 11.6. The van der Waals surface area contributed by atoms with E-state index in [9.17, 15) is 13.2 Å². The minimum atomic E-state index is -5.08. The summed E-state index contributed by atoms with van der Waals surface area (Å²) in [6.45, 7) is 6.15. The fourth-order valence-corrected chi connectivity index (χ4v) is 3.61. The molecule has 0 radical (unpaired) electrons. The maximum Gasteiger partial charge on any atom is 0.490 e. The van der Waals surface area contributed by atoms with Gasteiger partial charge in [-0.2, -0.15) is 13.2 Å². The molecule has 33 heavy (non-hydrogen) atoms. The van der Waals surface area contributed by atoms with Crippen LogP contribution in [-0.2, 0) is 11.3 Å². The molecule has 0 aromatic heterocycles. The quantitative estimate of drug-likeness (QED) is 0.683. The lowest BCUT2D eigenvalue weighted by molar-refractivity contribution is -0.192. The summed E-state index contributed by atoms with van der Waals surface area (Å²) in [4.78, 5) is 13.8. The third-order valence-electron chi connectivity index (χ3n) is 5.29. The van der Waals surface area contributed by atoms with Gasteiger partial charge in [0.1, 0.15) is 0 Å². The summed E-state index contributed by atoms with van der Waals surface area (Å²) in [7, 11) is 4.96. The number of aliphatic carboxylic acids is 1. The van der Waals surface area contributed by atoms with Gasteiger partial charge in [-0.25, -0.2) is 4.79 Å². The van der Waals surface area contributed by atoms with Crippen LogP contribution in [0.15, 0.2) is 42.5 Å². The first kappa shape index (κ1) is 26.1. The van der Waals surface area contributed by atoms with E-state index in [-0.39, 0.29) is 0 Å². The molecule has 0 amide bonds. The monoisotopic (exact) mass is 470 g/mol. The van der Waals surface area contributed by atoms with Gasteiger partial charge in [0.25, 0.3) is 0 Å². The number of hydrogen-bond acceptors (Lipinski definition) is 6. The molecule has 1 aliphatic heterocycles. The molecule has 1 aliphatic rings. The van der Waals surface area contributed by atoms with Crippen LogP contribution in [0.5, 0.6) is 17.2 Å². The molecule has 1 N–H and O–H groups in total. The second-order valence-electron chi connectivity index (χ2n) is 7.40. The number of carboxylic acid groups (broad SMARTS) is 1. The molecule has 1 fully saturated rings. The Balaban J connectivity index is 0.000000479. The number of rotatable bonds is 6. The number of halogens is 3. The molecule has 1 saturated heterocycles. The van der Waals surface area contributed by atoms with Crippen molar-refractivity contribution in [1.82, 2.24) is 4.90 Å². The lowest BCUT2D eigenvalue weighted by atomic mass is 10.1. The zero-order valence-corrected chi connectivity index (χ0v) is 19.1. The number of ether oxygens (including phenoxy) is 3. The Bertz CT molecular complexity index is 909. The van der Waals surface area contributed by atoms with Crippen molar-refractivity contribution in [3.63, 3.8) is 0 Å². The van der Waals surface area contributed by atoms with Crippen molar-refractivity contribution < 1.29 is 37.3 Å². The maximum atomic E-state index is 10.6. The summed E-state index contributed by atoms with van der Waals surface area (Å²) >= 11 is 0. The molecule has 3 rings (SSSR count). The molecule has 7 nitrogen and oxygen atoms in total.